The van der Waals surface area contributed by atoms with E-state index < -0.39 is 8.07 Å². The van der Waals surface area contributed by atoms with E-state index in [1.54, 1.807) is 0 Å². The fraction of sp³-hybridized carbons (Fsp3) is 0.900. The summed E-state index contributed by atoms with van der Waals surface area (Å²) in [5.74, 6) is 0. The minimum absolute atomic E-state index is 0.516. The van der Waals surface area contributed by atoms with Gasteiger partial charge < -0.3 is 4.74 Å². The summed E-state index contributed by atoms with van der Waals surface area (Å²) in [5, 5.41) is 6.26. The van der Waals surface area contributed by atoms with Gasteiger partial charge >= 0.3 is 0 Å². The van der Waals surface area contributed by atoms with E-state index in [-0.39, 0.29) is 0 Å². The first-order chi connectivity index (χ1) is 6.49. The maximum Gasteiger partial charge on any atom is 0.135 e. The third kappa shape index (κ3) is 4.24. The van der Waals surface area contributed by atoms with Gasteiger partial charge in [-0.1, -0.05) is 19.6 Å². The van der Waals surface area contributed by atoms with Crippen LogP contribution < -0.4 is 0 Å². The Balaban J connectivity index is 2.07. The molecular weight excluding hydrogens is 192 g/mol. The van der Waals surface area contributed by atoms with Gasteiger partial charge in [0.05, 0.1) is 6.04 Å². The Morgan fingerprint density at radius 1 is 1.50 bits per heavy atom. The Morgan fingerprint density at radius 2 is 2.21 bits per heavy atom. The molecule has 1 aliphatic rings. The molecule has 0 aliphatic carbocycles. The lowest BCUT2D eigenvalue weighted by Crippen LogP contribution is -2.28. The number of hydrazone groups is 1. The van der Waals surface area contributed by atoms with Gasteiger partial charge in [-0.25, -0.2) is 0 Å². The van der Waals surface area contributed by atoms with Crippen molar-refractivity contribution in [2.24, 2.45) is 5.10 Å². The fourth-order valence-corrected chi connectivity index (χ4v) is 1.99. The van der Waals surface area contributed by atoms with Crippen LogP contribution in [0.4, 0.5) is 0 Å². The van der Waals surface area contributed by atoms with Crippen molar-refractivity contribution in [3.05, 3.63) is 0 Å². The van der Waals surface area contributed by atoms with Gasteiger partial charge in [0.15, 0.2) is 0 Å². The first-order valence-corrected chi connectivity index (χ1v) is 9.06. The van der Waals surface area contributed by atoms with Crippen LogP contribution in [0, 0.1) is 0 Å². The van der Waals surface area contributed by atoms with Gasteiger partial charge in [0.25, 0.3) is 0 Å². The van der Waals surface area contributed by atoms with Gasteiger partial charge in [0, 0.05) is 27.3 Å². The molecule has 0 aromatic rings. The van der Waals surface area contributed by atoms with Crippen LogP contribution in [-0.4, -0.2) is 38.7 Å². The molecule has 0 saturated carbocycles. The number of rotatable bonds is 5. The molecule has 3 nitrogen and oxygen atoms in total. The van der Waals surface area contributed by atoms with E-state index in [9.17, 15) is 0 Å². The first kappa shape index (κ1) is 11.7. The van der Waals surface area contributed by atoms with E-state index >= 15 is 0 Å². The topological polar surface area (TPSA) is 24.8 Å². The highest BCUT2D eigenvalue weighted by Crippen LogP contribution is 2.11. The van der Waals surface area contributed by atoms with Crippen LogP contribution in [-0.2, 0) is 4.74 Å². The molecule has 14 heavy (non-hydrogen) atoms. The highest BCUT2D eigenvalue weighted by Gasteiger charge is 2.16. The molecule has 0 saturated heterocycles. The van der Waals surface area contributed by atoms with Crippen molar-refractivity contribution in [1.29, 1.82) is 0 Å². The highest BCUT2D eigenvalue weighted by atomic mass is 28.3. The van der Waals surface area contributed by atoms with E-state index in [1.807, 2.05) is 11.2 Å². The Morgan fingerprint density at radius 3 is 2.71 bits per heavy atom. The van der Waals surface area contributed by atoms with Crippen molar-refractivity contribution in [2.45, 2.75) is 45.1 Å². The average Bonchev–Trinajstić information content (AvgIpc) is 2.44. The van der Waals surface area contributed by atoms with Crippen LogP contribution in [0.25, 0.3) is 0 Å². The molecule has 1 aliphatic heterocycles. The minimum atomic E-state index is -0.933. The van der Waals surface area contributed by atoms with Gasteiger partial charge in [-0.3, -0.25) is 5.01 Å². The van der Waals surface area contributed by atoms with Crippen LogP contribution in [0.3, 0.4) is 0 Å². The molecular formula is C10H22N2OSi. The molecule has 0 aromatic heterocycles. The zero-order valence-corrected chi connectivity index (χ0v) is 10.8. The van der Waals surface area contributed by atoms with Crippen molar-refractivity contribution < 1.29 is 4.74 Å². The van der Waals surface area contributed by atoms with Crippen molar-refractivity contribution in [3.8, 4) is 0 Å². The summed E-state index contributed by atoms with van der Waals surface area (Å²) in [7, 11) is -0.933. The van der Waals surface area contributed by atoms with E-state index in [0.717, 1.165) is 13.0 Å². The monoisotopic (exact) mass is 214 g/mol. The molecule has 0 N–H and O–H groups in total. The quantitative estimate of drug-likeness (QED) is 0.518. The van der Waals surface area contributed by atoms with Crippen LogP contribution in [0.15, 0.2) is 5.10 Å². The Labute approximate surface area is 88.1 Å². The molecule has 1 heterocycles. The van der Waals surface area contributed by atoms with Crippen LogP contribution >= 0.6 is 0 Å². The molecule has 1 rings (SSSR count). The lowest BCUT2D eigenvalue weighted by molar-refractivity contribution is 0.0240. The lowest BCUT2D eigenvalue weighted by Gasteiger charge is -2.21. The molecule has 0 aromatic carbocycles. The van der Waals surface area contributed by atoms with Crippen molar-refractivity contribution in [2.75, 3.05) is 13.3 Å². The van der Waals surface area contributed by atoms with Crippen LogP contribution in [0.2, 0.25) is 25.7 Å². The third-order valence-corrected chi connectivity index (χ3v) is 4.11. The normalized spacial score (nSPS) is 22.0. The summed E-state index contributed by atoms with van der Waals surface area (Å²) in [4.78, 5) is 0. The van der Waals surface area contributed by atoms with Gasteiger partial charge in [-0.05, 0) is 13.0 Å². The summed E-state index contributed by atoms with van der Waals surface area (Å²) < 4.78 is 5.61. The molecule has 0 radical (unpaired) electrons. The number of hydrogen-bond acceptors (Lipinski definition) is 3. The van der Waals surface area contributed by atoms with Gasteiger partial charge in [0.2, 0.25) is 0 Å². The molecule has 0 spiro atoms. The SMILES string of the molecule is CC1CC=NN1COCC[Si](C)(C)C. The number of ether oxygens (including phenoxy) is 1. The second-order valence-corrected chi connectivity index (χ2v) is 10.8. The summed E-state index contributed by atoms with van der Waals surface area (Å²) in [6.07, 6.45) is 3.02. The smallest absolute Gasteiger partial charge is 0.135 e. The molecule has 82 valence electrons. The zero-order chi connectivity index (χ0) is 10.6. The van der Waals surface area contributed by atoms with E-state index in [0.29, 0.717) is 12.8 Å². The minimum Gasteiger partial charge on any atom is -0.360 e. The highest BCUT2D eigenvalue weighted by molar-refractivity contribution is 6.76. The third-order valence-electron chi connectivity index (χ3n) is 2.41. The second-order valence-electron chi connectivity index (χ2n) is 5.17. The molecule has 1 unspecified atom stereocenters. The van der Waals surface area contributed by atoms with Crippen LogP contribution in [0.1, 0.15) is 13.3 Å². The van der Waals surface area contributed by atoms with Gasteiger partial charge in [-0.2, -0.15) is 5.10 Å². The molecule has 4 heteroatoms. The van der Waals surface area contributed by atoms with Crippen molar-refractivity contribution >= 4 is 14.3 Å². The second kappa shape index (κ2) is 4.93. The predicted octanol–water partition coefficient (Wildman–Crippen LogP) is 2.38. The maximum atomic E-state index is 5.61. The summed E-state index contributed by atoms with van der Waals surface area (Å²) in [6.45, 7) is 10.8. The molecule has 0 fully saturated rings. The van der Waals surface area contributed by atoms with E-state index in [1.165, 1.54) is 6.04 Å². The van der Waals surface area contributed by atoms with E-state index in [2.05, 4.69) is 31.7 Å². The van der Waals surface area contributed by atoms with E-state index in [4.69, 9.17) is 4.74 Å². The summed E-state index contributed by atoms with van der Waals surface area (Å²) in [6, 6.07) is 1.75. The Kier molecular flexibility index (Phi) is 4.13. The molecule has 0 amide bonds. The zero-order valence-electron chi connectivity index (χ0n) is 9.79. The Hall–Kier alpha value is -0.353. The average molecular weight is 214 g/mol. The standard InChI is InChI=1S/C10H22N2OSi/c1-10-5-6-11-12(10)9-13-7-8-14(2,3)4/h6,10H,5,7-9H2,1-4H3. The molecule has 0 bridgehead atoms. The number of hydrogen-bond donors (Lipinski definition) is 0. The Bertz CT molecular complexity index is 201. The van der Waals surface area contributed by atoms with Crippen molar-refractivity contribution in [3.63, 3.8) is 0 Å². The van der Waals surface area contributed by atoms with Crippen molar-refractivity contribution in [1.82, 2.24) is 5.01 Å². The number of nitrogens with zero attached hydrogens (tertiary/aromatic N) is 2. The lowest BCUT2D eigenvalue weighted by atomic mass is 10.3. The fourth-order valence-electron chi connectivity index (χ4n) is 1.24. The first-order valence-electron chi connectivity index (χ1n) is 5.36. The van der Waals surface area contributed by atoms with Gasteiger partial charge in [-0.15, -0.1) is 0 Å². The summed E-state index contributed by atoms with van der Waals surface area (Å²) >= 11 is 0. The predicted molar refractivity (Wildman–Crippen MR) is 63.4 cm³/mol. The summed E-state index contributed by atoms with van der Waals surface area (Å²) in [5.41, 5.74) is 0. The van der Waals surface area contributed by atoms with Crippen LogP contribution in [0.5, 0.6) is 0 Å². The largest absolute Gasteiger partial charge is 0.360 e. The maximum absolute atomic E-state index is 5.61. The van der Waals surface area contributed by atoms with Gasteiger partial charge in [0.1, 0.15) is 6.73 Å². The molecule has 1 atom stereocenters.